The Morgan fingerprint density at radius 2 is 0.864 bits per heavy atom. The molecule has 0 fully saturated rings. The van der Waals surface area contributed by atoms with E-state index in [0.717, 1.165) is 11.1 Å². The Bertz CT molecular complexity index is 1690. The number of aryl methyl sites for hydroxylation is 3. The lowest BCUT2D eigenvalue weighted by Crippen LogP contribution is -2.08. The van der Waals surface area contributed by atoms with Gasteiger partial charge in [0.05, 0.1) is 12.0 Å². The summed E-state index contributed by atoms with van der Waals surface area (Å²) in [6.45, 7) is 5.03. The summed E-state index contributed by atoms with van der Waals surface area (Å²) < 4.78 is 0. The number of nitrogens with zero attached hydrogens (tertiary/aromatic N) is 12. The SMILES string of the molecule is Cc1nnc(-c2ccc(C(=O)O)cc2)nn1.Cc1nnc(-c2ccc(CC(=O)O)cc2)nn1.Cc1nnc(CC(=O)O)nn1. The fourth-order valence-electron chi connectivity index (χ4n) is 3.00. The van der Waals surface area contributed by atoms with E-state index < -0.39 is 17.9 Å². The van der Waals surface area contributed by atoms with Gasteiger partial charge in [-0.3, -0.25) is 9.59 Å². The van der Waals surface area contributed by atoms with Crippen LogP contribution in [0.4, 0.5) is 0 Å². The van der Waals surface area contributed by atoms with Gasteiger partial charge in [0.25, 0.3) is 0 Å². The Morgan fingerprint density at radius 3 is 1.23 bits per heavy atom. The summed E-state index contributed by atoms with van der Waals surface area (Å²) in [6, 6.07) is 13.2. The highest BCUT2D eigenvalue weighted by Gasteiger charge is 2.07. The number of aromatic carboxylic acids is 1. The van der Waals surface area contributed by atoms with Crippen molar-refractivity contribution in [1.82, 2.24) is 61.2 Å². The maximum atomic E-state index is 10.6. The van der Waals surface area contributed by atoms with Gasteiger partial charge in [-0.25, -0.2) is 4.79 Å². The van der Waals surface area contributed by atoms with Gasteiger partial charge in [-0.2, -0.15) is 0 Å². The first kappa shape index (κ1) is 32.2. The topological polar surface area (TPSA) is 267 Å². The summed E-state index contributed by atoms with van der Waals surface area (Å²) in [6.07, 6.45) is -0.230. The molecule has 0 amide bonds. The smallest absolute Gasteiger partial charge is 0.335 e. The number of benzene rings is 2. The van der Waals surface area contributed by atoms with Gasteiger partial charge in [-0.05, 0) is 38.5 Å². The normalized spacial score (nSPS) is 9.98. The molecule has 18 heteroatoms. The third-order valence-electron chi connectivity index (χ3n) is 5.04. The second-order valence-corrected chi connectivity index (χ2v) is 8.63. The van der Waals surface area contributed by atoms with E-state index in [0.29, 0.717) is 34.7 Å². The lowest BCUT2D eigenvalue weighted by Gasteiger charge is -2.00. The van der Waals surface area contributed by atoms with Gasteiger partial charge in [-0.15, -0.1) is 61.2 Å². The standard InChI is InChI=1S/C11H10N4O2.C10H8N4O2.C5H6N4O2/c1-7-12-14-11(15-13-7)9-4-2-8(3-5-9)6-10(16)17;1-6-11-13-9(14-12-6)7-2-4-8(5-3-7)10(15)16;1-3-6-8-4(9-7-3)2-5(10)11/h2-5H,6H2,1H3,(H,16,17);2-5H,1H3,(H,15,16);2H2,1H3,(H,10,11). The second kappa shape index (κ2) is 15.6. The molecule has 0 radical (unpaired) electrons. The fourth-order valence-corrected chi connectivity index (χ4v) is 3.00. The number of hydrogen-bond acceptors (Lipinski definition) is 15. The lowest BCUT2D eigenvalue weighted by molar-refractivity contribution is -0.137. The maximum Gasteiger partial charge on any atom is 0.335 e. The highest BCUT2D eigenvalue weighted by molar-refractivity contribution is 5.88. The zero-order chi connectivity index (χ0) is 32.1. The highest BCUT2D eigenvalue weighted by atomic mass is 16.4. The maximum absolute atomic E-state index is 10.6. The Hall–Kier alpha value is -6.33. The van der Waals surface area contributed by atoms with Gasteiger partial charge >= 0.3 is 17.9 Å². The molecule has 0 aliphatic rings. The minimum Gasteiger partial charge on any atom is -0.481 e. The van der Waals surface area contributed by atoms with Gasteiger partial charge < -0.3 is 15.3 Å². The van der Waals surface area contributed by atoms with E-state index in [1.54, 1.807) is 57.2 Å². The van der Waals surface area contributed by atoms with Crippen molar-refractivity contribution in [3.05, 3.63) is 83.0 Å². The molecule has 2 aromatic carbocycles. The number of carboxylic acids is 3. The van der Waals surface area contributed by atoms with Gasteiger partial charge in [0.15, 0.2) is 23.3 Å². The molecule has 44 heavy (non-hydrogen) atoms. The molecule has 5 aromatic rings. The summed E-state index contributed by atoms with van der Waals surface area (Å²) in [7, 11) is 0. The lowest BCUT2D eigenvalue weighted by atomic mass is 10.1. The van der Waals surface area contributed by atoms with E-state index >= 15 is 0 Å². The van der Waals surface area contributed by atoms with Gasteiger partial charge in [0, 0.05) is 11.1 Å². The van der Waals surface area contributed by atoms with Crippen molar-refractivity contribution in [2.45, 2.75) is 33.6 Å². The van der Waals surface area contributed by atoms with Crippen LogP contribution in [-0.2, 0) is 22.4 Å². The minimum atomic E-state index is -0.988. The third kappa shape index (κ3) is 10.6. The van der Waals surface area contributed by atoms with Gasteiger partial charge in [0.2, 0.25) is 11.6 Å². The van der Waals surface area contributed by atoms with Crippen molar-refractivity contribution in [3.8, 4) is 22.8 Å². The Balaban J connectivity index is 0.000000185. The molecular formula is C26H24N12O6. The van der Waals surface area contributed by atoms with Crippen LogP contribution in [0.15, 0.2) is 48.5 Å². The van der Waals surface area contributed by atoms with E-state index in [2.05, 4.69) is 61.2 Å². The van der Waals surface area contributed by atoms with E-state index in [4.69, 9.17) is 15.3 Å². The van der Waals surface area contributed by atoms with Crippen LogP contribution in [0.3, 0.4) is 0 Å². The third-order valence-corrected chi connectivity index (χ3v) is 5.04. The molecule has 0 aliphatic heterocycles. The average molecular weight is 601 g/mol. The van der Waals surface area contributed by atoms with Gasteiger partial charge in [-0.1, -0.05) is 36.4 Å². The van der Waals surface area contributed by atoms with Crippen LogP contribution in [0, 0.1) is 20.8 Å². The molecule has 0 saturated carbocycles. The zero-order valence-electron chi connectivity index (χ0n) is 23.5. The number of rotatable bonds is 7. The van der Waals surface area contributed by atoms with Crippen LogP contribution in [0.1, 0.15) is 39.2 Å². The Morgan fingerprint density at radius 1 is 0.500 bits per heavy atom. The zero-order valence-corrected chi connectivity index (χ0v) is 23.5. The summed E-state index contributed by atoms with van der Waals surface area (Å²) in [4.78, 5) is 31.3. The predicted octanol–water partition coefficient (Wildman–Crippen LogP) is 1.01. The molecule has 0 unspecified atom stereocenters. The van der Waals surface area contributed by atoms with Crippen LogP contribution in [-0.4, -0.2) is 94.4 Å². The molecule has 3 N–H and O–H groups in total. The number of hydrogen-bond donors (Lipinski definition) is 3. The van der Waals surface area contributed by atoms with E-state index in [1.165, 1.54) is 12.1 Å². The number of aromatic nitrogens is 12. The van der Waals surface area contributed by atoms with Crippen molar-refractivity contribution in [3.63, 3.8) is 0 Å². The van der Waals surface area contributed by atoms with Crippen LogP contribution in [0.5, 0.6) is 0 Å². The molecule has 18 nitrogen and oxygen atoms in total. The average Bonchev–Trinajstić information content (AvgIpc) is 3.00. The van der Waals surface area contributed by atoms with E-state index in [1.807, 2.05) is 0 Å². The monoisotopic (exact) mass is 600 g/mol. The predicted molar refractivity (Wildman–Crippen MR) is 148 cm³/mol. The largest absolute Gasteiger partial charge is 0.481 e. The first-order valence-electron chi connectivity index (χ1n) is 12.5. The van der Waals surface area contributed by atoms with E-state index in [-0.39, 0.29) is 24.2 Å². The molecule has 0 saturated heterocycles. The molecule has 0 spiro atoms. The quantitative estimate of drug-likeness (QED) is 0.235. The molecular weight excluding hydrogens is 576 g/mol. The molecule has 0 bridgehead atoms. The van der Waals surface area contributed by atoms with Crippen LogP contribution >= 0.6 is 0 Å². The first-order valence-corrected chi connectivity index (χ1v) is 12.5. The summed E-state index contributed by atoms with van der Waals surface area (Å²) in [5.74, 6) is -0.442. The minimum absolute atomic E-state index is 0.00549. The van der Waals surface area contributed by atoms with Crippen molar-refractivity contribution >= 4 is 17.9 Å². The molecule has 0 aliphatic carbocycles. The number of aliphatic carboxylic acids is 2. The van der Waals surface area contributed by atoms with Gasteiger partial charge in [0.1, 0.15) is 6.42 Å². The summed E-state index contributed by atoms with van der Waals surface area (Å²) >= 11 is 0. The number of carbonyl (C=O) groups is 3. The van der Waals surface area contributed by atoms with Crippen molar-refractivity contribution in [1.29, 1.82) is 0 Å². The Labute approximate surface area is 248 Å². The first-order chi connectivity index (χ1) is 21.0. The molecule has 0 atom stereocenters. The summed E-state index contributed by atoms with van der Waals surface area (Å²) in [5.41, 5.74) is 2.40. The molecule has 3 aromatic heterocycles. The van der Waals surface area contributed by atoms with Crippen LogP contribution in [0.25, 0.3) is 22.8 Å². The second-order valence-electron chi connectivity index (χ2n) is 8.63. The highest BCUT2D eigenvalue weighted by Crippen LogP contribution is 2.15. The van der Waals surface area contributed by atoms with Crippen molar-refractivity contribution in [2.24, 2.45) is 0 Å². The van der Waals surface area contributed by atoms with Crippen LogP contribution < -0.4 is 0 Å². The van der Waals surface area contributed by atoms with Crippen molar-refractivity contribution in [2.75, 3.05) is 0 Å². The van der Waals surface area contributed by atoms with Crippen LogP contribution in [0.2, 0.25) is 0 Å². The molecule has 5 rings (SSSR count). The van der Waals surface area contributed by atoms with Crippen molar-refractivity contribution < 1.29 is 29.7 Å². The summed E-state index contributed by atoms with van der Waals surface area (Å²) in [5, 5.41) is 70.5. The molecule has 224 valence electrons. The molecule has 3 heterocycles. The Kier molecular flexibility index (Phi) is 11.4. The number of carboxylic acid groups (broad SMARTS) is 3. The fraction of sp³-hybridized carbons (Fsp3) is 0.192. The van der Waals surface area contributed by atoms with E-state index in [9.17, 15) is 14.4 Å².